The maximum absolute atomic E-state index is 10.6. The molecule has 0 radical (unpaired) electrons. The maximum Gasteiger partial charge on any atom is 0.138 e. The fourth-order valence-corrected chi connectivity index (χ4v) is 3.45. The Labute approximate surface area is 152 Å². The Morgan fingerprint density at radius 1 is 0.760 bits per heavy atom. The number of unbranched alkanes of at least 4 members (excludes halogenated alkanes) is 4. The molecule has 0 saturated heterocycles. The predicted octanol–water partition coefficient (Wildman–Crippen LogP) is 6.83. The maximum atomic E-state index is 10.6. The molecule has 0 fully saturated rings. The molecule has 0 aliphatic carbocycles. The molecular formula is C23H32O2. The van der Waals surface area contributed by atoms with E-state index in [2.05, 4.69) is 13.8 Å². The molecule has 2 aromatic carbocycles. The largest absolute Gasteiger partial charge is 0.508 e. The third-order valence-electron chi connectivity index (χ3n) is 4.82. The molecule has 136 valence electrons. The van der Waals surface area contributed by atoms with Gasteiger partial charge in [-0.05, 0) is 43.9 Å². The number of hydrogen-bond acceptors (Lipinski definition) is 2. The number of phenols is 1. The first-order valence-electron chi connectivity index (χ1n) is 9.74. The highest BCUT2D eigenvalue weighted by molar-refractivity contribution is 5.38. The van der Waals surface area contributed by atoms with Crippen molar-refractivity contribution in [2.24, 2.45) is 0 Å². The van der Waals surface area contributed by atoms with E-state index in [1.807, 2.05) is 48.5 Å². The lowest BCUT2D eigenvalue weighted by Crippen LogP contribution is -2.33. The first-order valence-corrected chi connectivity index (χ1v) is 9.74. The van der Waals surface area contributed by atoms with Crippen LogP contribution in [0.3, 0.4) is 0 Å². The molecule has 0 saturated carbocycles. The Kier molecular flexibility index (Phi) is 7.84. The van der Waals surface area contributed by atoms with Crippen LogP contribution in [0, 0.1) is 0 Å². The highest BCUT2D eigenvalue weighted by Crippen LogP contribution is 2.41. The summed E-state index contributed by atoms with van der Waals surface area (Å²) < 4.78 is 6.60. The van der Waals surface area contributed by atoms with Gasteiger partial charge in [0, 0.05) is 5.56 Å². The van der Waals surface area contributed by atoms with Gasteiger partial charge in [0.2, 0.25) is 0 Å². The molecule has 0 aliphatic rings. The van der Waals surface area contributed by atoms with Crippen LogP contribution in [0.25, 0.3) is 0 Å². The van der Waals surface area contributed by atoms with Gasteiger partial charge >= 0.3 is 0 Å². The lowest BCUT2D eigenvalue weighted by Gasteiger charge is -2.36. The van der Waals surface area contributed by atoms with Gasteiger partial charge in [-0.2, -0.15) is 0 Å². The van der Waals surface area contributed by atoms with E-state index >= 15 is 0 Å². The average Bonchev–Trinajstić information content (AvgIpc) is 2.63. The van der Waals surface area contributed by atoms with E-state index in [0.717, 1.165) is 37.0 Å². The van der Waals surface area contributed by atoms with Crippen LogP contribution in [0.2, 0.25) is 0 Å². The van der Waals surface area contributed by atoms with Gasteiger partial charge < -0.3 is 9.84 Å². The minimum absolute atomic E-state index is 0.339. The summed E-state index contributed by atoms with van der Waals surface area (Å²) in [4.78, 5) is 0. The van der Waals surface area contributed by atoms with Crippen molar-refractivity contribution in [3.8, 4) is 11.5 Å². The van der Waals surface area contributed by atoms with Crippen LogP contribution in [0.4, 0.5) is 0 Å². The zero-order valence-corrected chi connectivity index (χ0v) is 15.7. The second-order valence-electron chi connectivity index (χ2n) is 6.84. The van der Waals surface area contributed by atoms with Crippen molar-refractivity contribution in [3.63, 3.8) is 0 Å². The lowest BCUT2D eigenvalue weighted by atomic mass is 9.82. The summed E-state index contributed by atoms with van der Waals surface area (Å²) in [5, 5.41) is 10.6. The summed E-state index contributed by atoms with van der Waals surface area (Å²) in [6, 6.07) is 17.7. The van der Waals surface area contributed by atoms with Gasteiger partial charge in [-0.1, -0.05) is 75.9 Å². The summed E-state index contributed by atoms with van der Waals surface area (Å²) in [7, 11) is 0. The Bertz CT molecular complexity index is 596. The second kappa shape index (κ2) is 10.1. The second-order valence-corrected chi connectivity index (χ2v) is 6.84. The molecule has 2 aromatic rings. The molecular weight excluding hydrogens is 308 g/mol. The van der Waals surface area contributed by atoms with Crippen molar-refractivity contribution in [2.75, 3.05) is 0 Å². The highest BCUT2D eigenvalue weighted by Gasteiger charge is 2.35. The first kappa shape index (κ1) is 19.4. The van der Waals surface area contributed by atoms with Gasteiger partial charge in [0.15, 0.2) is 0 Å². The minimum atomic E-state index is -0.461. The van der Waals surface area contributed by atoms with Crippen molar-refractivity contribution in [2.45, 2.75) is 70.8 Å². The molecule has 2 nitrogen and oxygen atoms in total. The Morgan fingerprint density at radius 2 is 1.32 bits per heavy atom. The van der Waals surface area contributed by atoms with E-state index in [1.54, 1.807) is 6.07 Å². The van der Waals surface area contributed by atoms with E-state index < -0.39 is 5.60 Å². The van der Waals surface area contributed by atoms with Gasteiger partial charge in [0.1, 0.15) is 17.1 Å². The summed E-state index contributed by atoms with van der Waals surface area (Å²) in [5.74, 6) is 1.21. The minimum Gasteiger partial charge on any atom is -0.508 e. The molecule has 1 N–H and O–H groups in total. The monoisotopic (exact) mass is 340 g/mol. The van der Waals surface area contributed by atoms with Crippen molar-refractivity contribution in [3.05, 3.63) is 60.2 Å². The van der Waals surface area contributed by atoms with Gasteiger partial charge in [-0.3, -0.25) is 0 Å². The van der Waals surface area contributed by atoms with Crippen LogP contribution in [0.1, 0.15) is 70.8 Å². The predicted molar refractivity (Wildman–Crippen MR) is 105 cm³/mol. The summed E-state index contributed by atoms with van der Waals surface area (Å²) in [5.41, 5.74) is 0.461. The third kappa shape index (κ3) is 5.52. The molecule has 0 atom stereocenters. The van der Waals surface area contributed by atoms with Crippen LogP contribution in [-0.2, 0) is 5.60 Å². The van der Waals surface area contributed by atoms with Crippen LogP contribution >= 0.6 is 0 Å². The lowest BCUT2D eigenvalue weighted by molar-refractivity contribution is 0.0390. The van der Waals surface area contributed by atoms with Crippen LogP contribution in [0.15, 0.2) is 54.6 Å². The SMILES string of the molecule is CCCCCC(CCCCC)(Oc1ccccc1)c1ccccc1O. The molecule has 2 rings (SSSR count). The first-order chi connectivity index (χ1) is 12.2. The van der Waals surface area contributed by atoms with Gasteiger partial charge in [-0.25, -0.2) is 0 Å². The normalized spacial score (nSPS) is 11.4. The number of ether oxygens (including phenoxy) is 1. The van der Waals surface area contributed by atoms with Crippen LogP contribution in [0.5, 0.6) is 11.5 Å². The Hall–Kier alpha value is -1.96. The smallest absolute Gasteiger partial charge is 0.138 e. The number of rotatable bonds is 11. The molecule has 0 spiro atoms. The molecule has 0 heterocycles. The Morgan fingerprint density at radius 3 is 1.88 bits per heavy atom. The number of para-hydroxylation sites is 2. The standard InChI is InChI=1S/C23H32O2/c1-3-5-12-18-23(19-13-6-4-2,21-16-10-11-17-22(21)24)25-20-14-8-7-9-15-20/h7-11,14-17,24H,3-6,12-13,18-19H2,1-2H3. The Balaban J connectivity index is 2.38. The summed E-state index contributed by atoms with van der Waals surface area (Å²) in [6.45, 7) is 4.44. The van der Waals surface area contributed by atoms with Gasteiger partial charge in [0.25, 0.3) is 0 Å². The van der Waals surface area contributed by atoms with Crippen LogP contribution in [-0.4, -0.2) is 5.11 Å². The molecule has 0 bridgehead atoms. The fraction of sp³-hybridized carbons (Fsp3) is 0.478. The van der Waals surface area contributed by atoms with E-state index in [9.17, 15) is 5.11 Å². The number of hydrogen-bond donors (Lipinski definition) is 1. The number of aromatic hydroxyl groups is 1. The molecule has 25 heavy (non-hydrogen) atoms. The van der Waals surface area contributed by atoms with Gasteiger partial charge in [0.05, 0.1) is 0 Å². The molecule has 0 aliphatic heterocycles. The number of benzene rings is 2. The topological polar surface area (TPSA) is 29.5 Å². The molecule has 0 aromatic heterocycles. The molecule has 0 unspecified atom stereocenters. The highest BCUT2D eigenvalue weighted by atomic mass is 16.5. The van der Waals surface area contributed by atoms with Crippen molar-refractivity contribution < 1.29 is 9.84 Å². The number of phenolic OH excluding ortho intramolecular Hbond substituents is 1. The fourth-order valence-electron chi connectivity index (χ4n) is 3.45. The van der Waals surface area contributed by atoms with E-state index in [4.69, 9.17) is 4.74 Å². The zero-order chi connectivity index (χ0) is 18.0. The summed E-state index contributed by atoms with van der Waals surface area (Å²) >= 11 is 0. The molecule has 0 amide bonds. The van der Waals surface area contributed by atoms with E-state index in [0.29, 0.717) is 5.75 Å². The average molecular weight is 341 g/mol. The zero-order valence-electron chi connectivity index (χ0n) is 15.7. The third-order valence-corrected chi connectivity index (χ3v) is 4.82. The van der Waals surface area contributed by atoms with E-state index in [-0.39, 0.29) is 0 Å². The van der Waals surface area contributed by atoms with Crippen molar-refractivity contribution in [1.82, 2.24) is 0 Å². The molecule has 2 heteroatoms. The quantitative estimate of drug-likeness (QED) is 0.454. The summed E-state index contributed by atoms with van der Waals surface area (Å²) in [6.07, 6.45) is 8.78. The van der Waals surface area contributed by atoms with E-state index in [1.165, 1.54) is 25.7 Å². The van der Waals surface area contributed by atoms with Gasteiger partial charge in [-0.15, -0.1) is 0 Å². The van der Waals surface area contributed by atoms with Crippen molar-refractivity contribution in [1.29, 1.82) is 0 Å². The van der Waals surface area contributed by atoms with Crippen molar-refractivity contribution >= 4 is 0 Å². The van der Waals surface area contributed by atoms with Crippen LogP contribution < -0.4 is 4.74 Å².